The molecule has 3 atom stereocenters. The van der Waals surface area contributed by atoms with Crippen LogP contribution in [0.25, 0.3) is 0 Å². The molecule has 2 heterocycles. The van der Waals surface area contributed by atoms with Crippen molar-refractivity contribution >= 4 is 0 Å². The molecule has 100 valence electrons. The molecule has 2 aliphatic heterocycles. The fourth-order valence-electron chi connectivity index (χ4n) is 3.22. The predicted molar refractivity (Wildman–Crippen MR) is 71.3 cm³/mol. The van der Waals surface area contributed by atoms with E-state index in [0.29, 0.717) is 12.1 Å². The van der Waals surface area contributed by atoms with Crippen LogP contribution in [0.4, 0.5) is 0 Å². The Morgan fingerprint density at radius 2 is 2.18 bits per heavy atom. The van der Waals surface area contributed by atoms with Gasteiger partial charge >= 0.3 is 0 Å². The van der Waals surface area contributed by atoms with E-state index < -0.39 is 0 Å². The normalized spacial score (nSPS) is 36.0. The Labute approximate surface area is 106 Å². The summed E-state index contributed by atoms with van der Waals surface area (Å²) in [6.07, 6.45) is 8.39. The third kappa shape index (κ3) is 3.94. The molecule has 3 heteroatoms. The van der Waals surface area contributed by atoms with Gasteiger partial charge in [0.1, 0.15) is 0 Å². The summed E-state index contributed by atoms with van der Waals surface area (Å²) in [4.78, 5) is 2.64. The second kappa shape index (κ2) is 6.72. The highest BCUT2D eigenvalue weighted by atomic mass is 16.5. The summed E-state index contributed by atoms with van der Waals surface area (Å²) in [6.45, 7) is 6.05. The zero-order valence-electron chi connectivity index (χ0n) is 11.5. The van der Waals surface area contributed by atoms with Crippen LogP contribution in [0.15, 0.2) is 0 Å². The van der Waals surface area contributed by atoms with Crippen molar-refractivity contribution < 1.29 is 4.74 Å². The number of rotatable bonds is 4. The Balaban J connectivity index is 1.68. The molecule has 0 bridgehead atoms. The lowest BCUT2D eigenvalue weighted by Crippen LogP contribution is -2.45. The fraction of sp³-hybridized carbons (Fsp3) is 1.00. The highest BCUT2D eigenvalue weighted by Crippen LogP contribution is 2.20. The summed E-state index contributed by atoms with van der Waals surface area (Å²) >= 11 is 0. The van der Waals surface area contributed by atoms with Gasteiger partial charge in [0.25, 0.3) is 0 Å². The van der Waals surface area contributed by atoms with Crippen molar-refractivity contribution in [2.45, 2.75) is 63.6 Å². The molecule has 0 saturated carbocycles. The molecule has 0 spiro atoms. The maximum atomic E-state index is 5.47. The third-order valence-corrected chi connectivity index (χ3v) is 4.48. The van der Waals surface area contributed by atoms with E-state index in [4.69, 9.17) is 4.74 Å². The molecule has 17 heavy (non-hydrogen) atoms. The van der Waals surface area contributed by atoms with Gasteiger partial charge in [0.15, 0.2) is 0 Å². The summed E-state index contributed by atoms with van der Waals surface area (Å²) in [5.74, 6) is 0. The minimum absolute atomic E-state index is 0.494. The van der Waals surface area contributed by atoms with Crippen molar-refractivity contribution in [3.63, 3.8) is 0 Å². The van der Waals surface area contributed by atoms with Gasteiger partial charge in [-0.05, 0) is 52.1 Å². The number of hydrogen-bond donors (Lipinski definition) is 1. The second-order valence-corrected chi connectivity index (χ2v) is 5.70. The Bertz CT molecular complexity index is 216. The molecular formula is C14H28N2O. The van der Waals surface area contributed by atoms with Crippen LogP contribution in [0.3, 0.4) is 0 Å². The number of piperidine rings is 2. The van der Waals surface area contributed by atoms with Crippen molar-refractivity contribution in [3.05, 3.63) is 0 Å². The average molecular weight is 240 g/mol. The zero-order chi connectivity index (χ0) is 12.1. The Morgan fingerprint density at radius 3 is 2.82 bits per heavy atom. The monoisotopic (exact) mass is 240 g/mol. The quantitative estimate of drug-likeness (QED) is 0.813. The molecule has 0 aromatic heterocycles. The average Bonchev–Trinajstić information content (AvgIpc) is 2.38. The van der Waals surface area contributed by atoms with E-state index in [9.17, 15) is 0 Å². The van der Waals surface area contributed by atoms with E-state index in [1.165, 1.54) is 58.2 Å². The van der Waals surface area contributed by atoms with Crippen LogP contribution in [0.5, 0.6) is 0 Å². The summed E-state index contributed by atoms with van der Waals surface area (Å²) in [5, 5.41) is 3.64. The molecule has 2 aliphatic rings. The minimum atomic E-state index is 0.494. The second-order valence-electron chi connectivity index (χ2n) is 5.70. The van der Waals surface area contributed by atoms with Gasteiger partial charge < -0.3 is 15.0 Å². The number of ether oxygens (including phenoxy) is 1. The van der Waals surface area contributed by atoms with Crippen LogP contribution < -0.4 is 5.32 Å². The van der Waals surface area contributed by atoms with Gasteiger partial charge in [0.2, 0.25) is 0 Å². The smallest absolute Gasteiger partial charge is 0.0598 e. The van der Waals surface area contributed by atoms with Crippen LogP contribution in [0.1, 0.15) is 45.4 Å². The molecule has 0 amide bonds. The van der Waals surface area contributed by atoms with Gasteiger partial charge in [-0.2, -0.15) is 0 Å². The van der Waals surface area contributed by atoms with Crippen molar-refractivity contribution in [1.82, 2.24) is 10.2 Å². The first kappa shape index (κ1) is 13.3. The van der Waals surface area contributed by atoms with Crippen molar-refractivity contribution in [2.24, 2.45) is 0 Å². The highest BCUT2D eigenvalue weighted by molar-refractivity contribution is 4.81. The standard InChI is InChI=1S/C14H28N2O/c1-12-11-14(17-2)7-10-16(12)9-6-13-5-3-4-8-15-13/h12-15H,3-11H2,1-2H3. The summed E-state index contributed by atoms with van der Waals surface area (Å²) in [5.41, 5.74) is 0. The summed E-state index contributed by atoms with van der Waals surface area (Å²) in [6, 6.07) is 1.47. The summed E-state index contributed by atoms with van der Waals surface area (Å²) < 4.78 is 5.47. The molecule has 0 aromatic carbocycles. The Morgan fingerprint density at radius 1 is 1.29 bits per heavy atom. The first-order chi connectivity index (χ1) is 8.29. The van der Waals surface area contributed by atoms with E-state index >= 15 is 0 Å². The van der Waals surface area contributed by atoms with E-state index in [1.54, 1.807) is 0 Å². The van der Waals surface area contributed by atoms with Crippen molar-refractivity contribution in [3.8, 4) is 0 Å². The maximum absolute atomic E-state index is 5.47. The molecule has 2 fully saturated rings. The lowest BCUT2D eigenvalue weighted by molar-refractivity contribution is 0.0145. The molecule has 0 radical (unpaired) electrons. The SMILES string of the molecule is COC1CCN(CCC2CCCCN2)C(C)C1. The molecule has 1 N–H and O–H groups in total. The lowest BCUT2D eigenvalue weighted by atomic mass is 9.98. The zero-order valence-corrected chi connectivity index (χ0v) is 11.5. The Kier molecular flexibility index (Phi) is 5.26. The minimum Gasteiger partial charge on any atom is -0.381 e. The fourth-order valence-corrected chi connectivity index (χ4v) is 3.22. The first-order valence-corrected chi connectivity index (χ1v) is 7.30. The van der Waals surface area contributed by atoms with Crippen LogP contribution >= 0.6 is 0 Å². The molecule has 0 aromatic rings. The molecule has 3 nitrogen and oxygen atoms in total. The number of methoxy groups -OCH3 is 1. The Hall–Kier alpha value is -0.120. The number of nitrogens with zero attached hydrogens (tertiary/aromatic N) is 1. The number of hydrogen-bond acceptors (Lipinski definition) is 3. The number of nitrogens with one attached hydrogen (secondary N) is 1. The van der Waals surface area contributed by atoms with Crippen molar-refractivity contribution in [1.29, 1.82) is 0 Å². The number of likely N-dealkylation sites (tertiary alicyclic amines) is 1. The van der Waals surface area contributed by atoms with Gasteiger partial charge in [0, 0.05) is 25.7 Å². The highest BCUT2D eigenvalue weighted by Gasteiger charge is 2.25. The predicted octanol–water partition coefficient (Wildman–Crippen LogP) is 2.02. The maximum Gasteiger partial charge on any atom is 0.0598 e. The molecule has 3 unspecified atom stereocenters. The van der Waals surface area contributed by atoms with Gasteiger partial charge in [-0.15, -0.1) is 0 Å². The van der Waals surface area contributed by atoms with Gasteiger partial charge in [-0.25, -0.2) is 0 Å². The molecular weight excluding hydrogens is 212 g/mol. The molecule has 0 aliphatic carbocycles. The van der Waals surface area contributed by atoms with Crippen LogP contribution in [-0.2, 0) is 4.74 Å². The topological polar surface area (TPSA) is 24.5 Å². The first-order valence-electron chi connectivity index (χ1n) is 7.30. The van der Waals surface area contributed by atoms with Crippen LogP contribution in [0, 0.1) is 0 Å². The van der Waals surface area contributed by atoms with E-state index in [-0.39, 0.29) is 0 Å². The lowest BCUT2D eigenvalue weighted by Gasteiger charge is -2.38. The third-order valence-electron chi connectivity index (χ3n) is 4.48. The van der Waals surface area contributed by atoms with Crippen LogP contribution in [-0.4, -0.2) is 49.8 Å². The molecule has 2 rings (SSSR count). The van der Waals surface area contributed by atoms with E-state index in [0.717, 1.165) is 6.04 Å². The van der Waals surface area contributed by atoms with Crippen molar-refractivity contribution in [2.75, 3.05) is 26.7 Å². The summed E-state index contributed by atoms with van der Waals surface area (Å²) in [7, 11) is 1.85. The van der Waals surface area contributed by atoms with Gasteiger partial charge in [-0.3, -0.25) is 0 Å². The van der Waals surface area contributed by atoms with Crippen LogP contribution in [0.2, 0.25) is 0 Å². The van der Waals surface area contributed by atoms with Gasteiger partial charge in [-0.1, -0.05) is 6.42 Å². The van der Waals surface area contributed by atoms with E-state index in [1.807, 2.05) is 7.11 Å². The molecule has 2 saturated heterocycles. The largest absolute Gasteiger partial charge is 0.381 e. The van der Waals surface area contributed by atoms with Gasteiger partial charge in [0.05, 0.1) is 6.10 Å². The van der Waals surface area contributed by atoms with E-state index in [2.05, 4.69) is 17.1 Å².